The summed E-state index contributed by atoms with van der Waals surface area (Å²) in [5.41, 5.74) is 3.87. The van der Waals surface area contributed by atoms with Gasteiger partial charge in [0.2, 0.25) is 5.91 Å². The van der Waals surface area contributed by atoms with Gasteiger partial charge < -0.3 is 9.88 Å². The van der Waals surface area contributed by atoms with Gasteiger partial charge >= 0.3 is 0 Å². The van der Waals surface area contributed by atoms with E-state index in [9.17, 15) is 9.18 Å². The SMILES string of the molecule is CCn1c(CNC(=O)/C=C/c2c(C)nn(-c3ccc(F)cc3)c2Cl)nc2ccccc21. The number of aryl methyl sites for hydroxylation is 2. The quantitative estimate of drug-likeness (QED) is 0.446. The van der Waals surface area contributed by atoms with Gasteiger partial charge in [-0.3, -0.25) is 4.79 Å². The van der Waals surface area contributed by atoms with Crippen molar-refractivity contribution in [1.29, 1.82) is 0 Å². The lowest BCUT2D eigenvalue weighted by molar-refractivity contribution is -0.116. The first-order valence-electron chi connectivity index (χ1n) is 9.89. The van der Waals surface area contributed by atoms with E-state index in [-0.39, 0.29) is 11.7 Å². The highest BCUT2D eigenvalue weighted by molar-refractivity contribution is 6.31. The monoisotopic (exact) mass is 437 g/mol. The molecule has 0 aliphatic heterocycles. The fourth-order valence-electron chi connectivity index (χ4n) is 3.45. The molecule has 0 aliphatic carbocycles. The van der Waals surface area contributed by atoms with Crippen molar-refractivity contribution in [3.05, 3.63) is 82.7 Å². The van der Waals surface area contributed by atoms with Crippen LogP contribution in [0, 0.1) is 12.7 Å². The second kappa shape index (κ2) is 8.73. The predicted octanol–water partition coefficient (Wildman–Crippen LogP) is 4.67. The van der Waals surface area contributed by atoms with Gasteiger partial charge in [-0.05, 0) is 56.3 Å². The first-order chi connectivity index (χ1) is 15.0. The number of rotatable bonds is 6. The second-order valence-electron chi connectivity index (χ2n) is 6.99. The zero-order valence-corrected chi connectivity index (χ0v) is 17.9. The standard InChI is InChI=1S/C23H21ClFN5O/c1-3-29-20-7-5-4-6-19(20)27-21(29)14-26-22(31)13-12-18-15(2)28-30(23(18)24)17-10-8-16(25)9-11-17/h4-13H,3,14H2,1-2H3,(H,26,31)/b13-12+. The molecule has 0 bridgehead atoms. The lowest BCUT2D eigenvalue weighted by Gasteiger charge is -2.06. The van der Waals surface area contributed by atoms with Gasteiger partial charge in [0.15, 0.2) is 0 Å². The maximum Gasteiger partial charge on any atom is 0.244 e. The van der Waals surface area contributed by atoms with Crippen LogP contribution in [0.1, 0.15) is 24.0 Å². The summed E-state index contributed by atoms with van der Waals surface area (Å²) in [4.78, 5) is 17.0. The van der Waals surface area contributed by atoms with E-state index >= 15 is 0 Å². The van der Waals surface area contributed by atoms with Crippen molar-refractivity contribution in [2.75, 3.05) is 0 Å². The maximum atomic E-state index is 13.2. The van der Waals surface area contributed by atoms with E-state index in [1.165, 1.54) is 22.9 Å². The van der Waals surface area contributed by atoms with Gasteiger partial charge in [0, 0.05) is 18.2 Å². The van der Waals surface area contributed by atoms with E-state index in [1.807, 2.05) is 31.2 Å². The summed E-state index contributed by atoms with van der Waals surface area (Å²) >= 11 is 6.46. The topological polar surface area (TPSA) is 64.7 Å². The summed E-state index contributed by atoms with van der Waals surface area (Å²) < 4.78 is 16.8. The molecule has 2 heterocycles. The molecule has 0 atom stereocenters. The Hall–Kier alpha value is -3.45. The zero-order valence-electron chi connectivity index (χ0n) is 17.1. The average Bonchev–Trinajstić information content (AvgIpc) is 3.27. The van der Waals surface area contributed by atoms with E-state index < -0.39 is 0 Å². The number of amides is 1. The molecule has 4 aromatic rings. The number of hydrogen-bond donors (Lipinski definition) is 1. The summed E-state index contributed by atoms with van der Waals surface area (Å²) in [6.45, 7) is 4.92. The smallest absolute Gasteiger partial charge is 0.244 e. The van der Waals surface area contributed by atoms with Crippen molar-refractivity contribution in [3.8, 4) is 5.69 Å². The van der Waals surface area contributed by atoms with Crippen LogP contribution in [0.4, 0.5) is 4.39 Å². The Morgan fingerprint density at radius 3 is 2.68 bits per heavy atom. The first-order valence-corrected chi connectivity index (χ1v) is 10.3. The zero-order chi connectivity index (χ0) is 22.0. The fourth-order valence-corrected chi connectivity index (χ4v) is 3.79. The normalized spacial score (nSPS) is 11.5. The van der Waals surface area contributed by atoms with Crippen molar-refractivity contribution < 1.29 is 9.18 Å². The Morgan fingerprint density at radius 2 is 1.94 bits per heavy atom. The molecule has 0 unspecified atom stereocenters. The molecule has 0 saturated carbocycles. The minimum atomic E-state index is -0.336. The van der Waals surface area contributed by atoms with Crippen molar-refractivity contribution in [1.82, 2.24) is 24.6 Å². The molecule has 8 heteroatoms. The summed E-state index contributed by atoms with van der Waals surface area (Å²) in [5, 5.41) is 7.61. The van der Waals surface area contributed by atoms with Gasteiger partial charge in [0.05, 0.1) is 29.0 Å². The highest BCUT2D eigenvalue weighted by Crippen LogP contribution is 2.25. The van der Waals surface area contributed by atoms with E-state index in [4.69, 9.17) is 11.6 Å². The number of benzene rings is 2. The molecule has 6 nitrogen and oxygen atoms in total. The third-order valence-corrected chi connectivity index (χ3v) is 5.35. The van der Waals surface area contributed by atoms with Crippen LogP contribution in [0.15, 0.2) is 54.6 Å². The molecular formula is C23H21ClFN5O. The number of carbonyl (C=O) groups excluding carboxylic acids is 1. The second-order valence-corrected chi connectivity index (χ2v) is 7.35. The fraction of sp³-hybridized carbons (Fsp3) is 0.174. The average molecular weight is 438 g/mol. The van der Waals surface area contributed by atoms with E-state index in [0.717, 1.165) is 23.4 Å². The minimum absolute atomic E-state index is 0.264. The van der Waals surface area contributed by atoms with Crippen LogP contribution in [0.3, 0.4) is 0 Å². The van der Waals surface area contributed by atoms with Crippen LogP contribution in [-0.4, -0.2) is 25.2 Å². The number of halogens is 2. The number of hydrogen-bond acceptors (Lipinski definition) is 3. The number of aromatic nitrogens is 4. The van der Waals surface area contributed by atoms with E-state index in [2.05, 4.69) is 20.0 Å². The van der Waals surface area contributed by atoms with Crippen molar-refractivity contribution in [2.45, 2.75) is 26.9 Å². The Bertz CT molecular complexity index is 1270. The van der Waals surface area contributed by atoms with Crippen molar-refractivity contribution in [2.24, 2.45) is 0 Å². The third-order valence-electron chi connectivity index (χ3n) is 4.99. The summed E-state index contributed by atoms with van der Waals surface area (Å²) in [6.07, 6.45) is 3.05. The van der Waals surface area contributed by atoms with E-state index in [0.29, 0.717) is 28.6 Å². The van der Waals surface area contributed by atoms with Gasteiger partial charge in [-0.2, -0.15) is 5.10 Å². The minimum Gasteiger partial charge on any atom is -0.345 e. The van der Waals surface area contributed by atoms with Gasteiger partial charge in [-0.15, -0.1) is 0 Å². The van der Waals surface area contributed by atoms with Gasteiger partial charge in [-0.25, -0.2) is 14.1 Å². The molecule has 0 spiro atoms. The van der Waals surface area contributed by atoms with Gasteiger partial charge in [0.25, 0.3) is 0 Å². The van der Waals surface area contributed by atoms with Crippen LogP contribution < -0.4 is 5.32 Å². The number of nitrogens with one attached hydrogen (secondary N) is 1. The molecule has 158 valence electrons. The van der Waals surface area contributed by atoms with Gasteiger partial charge in [0.1, 0.15) is 16.8 Å². The van der Waals surface area contributed by atoms with Crippen LogP contribution in [0.25, 0.3) is 22.8 Å². The third kappa shape index (κ3) is 4.22. The Kier molecular flexibility index (Phi) is 5.86. The lowest BCUT2D eigenvalue weighted by atomic mass is 10.2. The van der Waals surface area contributed by atoms with Gasteiger partial charge in [-0.1, -0.05) is 23.7 Å². The van der Waals surface area contributed by atoms with Crippen LogP contribution in [0.2, 0.25) is 5.15 Å². The number of para-hydroxylation sites is 2. The highest BCUT2D eigenvalue weighted by atomic mass is 35.5. The van der Waals surface area contributed by atoms with Crippen LogP contribution in [0.5, 0.6) is 0 Å². The Labute approximate surface area is 184 Å². The molecule has 31 heavy (non-hydrogen) atoms. The summed E-state index contributed by atoms with van der Waals surface area (Å²) in [7, 11) is 0. The molecule has 4 rings (SSSR count). The molecule has 0 aliphatic rings. The van der Waals surface area contributed by atoms with Crippen LogP contribution >= 0.6 is 11.6 Å². The molecule has 0 radical (unpaired) electrons. The molecule has 2 aromatic carbocycles. The summed E-state index contributed by atoms with van der Waals surface area (Å²) in [5.74, 6) is 0.195. The molecule has 0 fully saturated rings. The molecule has 1 amide bonds. The molecule has 1 N–H and O–H groups in total. The number of carbonyl (C=O) groups is 1. The lowest BCUT2D eigenvalue weighted by Crippen LogP contribution is -2.22. The Morgan fingerprint density at radius 1 is 1.19 bits per heavy atom. The molecule has 0 saturated heterocycles. The largest absolute Gasteiger partial charge is 0.345 e. The maximum absolute atomic E-state index is 13.2. The highest BCUT2D eigenvalue weighted by Gasteiger charge is 2.13. The molecule has 2 aromatic heterocycles. The van der Waals surface area contributed by atoms with Crippen molar-refractivity contribution >= 4 is 34.6 Å². The molecular weight excluding hydrogens is 417 g/mol. The van der Waals surface area contributed by atoms with Crippen LogP contribution in [-0.2, 0) is 17.9 Å². The van der Waals surface area contributed by atoms with E-state index in [1.54, 1.807) is 25.1 Å². The van der Waals surface area contributed by atoms with Crippen molar-refractivity contribution in [3.63, 3.8) is 0 Å². The number of imidazole rings is 1. The number of fused-ring (bicyclic) bond motifs is 1. The summed E-state index contributed by atoms with van der Waals surface area (Å²) in [6, 6.07) is 13.8. The first kappa shape index (κ1) is 20.8. The predicted molar refractivity (Wildman–Crippen MR) is 120 cm³/mol. The number of nitrogens with zero attached hydrogens (tertiary/aromatic N) is 4. The Balaban J connectivity index is 1.48.